The molecule has 1 N–H and O–H groups in total. The molecule has 0 atom stereocenters. The Kier molecular flexibility index (Phi) is 6.23. The number of para-hydroxylation sites is 1. The quantitative estimate of drug-likeness (QED) is 0.636. The Hall–Kier alpha value is -3.32. The van der Waals surface area contributed by atoms with Crippen molar-refractivity contribution in [2.24, 2.45) is 0 Å². The van der Waals surface area contributed by atoms with Crippen molar-refractivity contribution in [2.45, 2.75) is 6.04 Å². The minimum Gasteiger partial charge on any atom is -0.322 e. The van der Waals surface area contributed by atoms with Gasteiger partial charge in [0.25, 0.3) is 0 Å². The van der Waals surface area contributed by atoms with Gasteiger partial charge >= 0.3 is 6.03 Å². The van der Waals surface area contributed by atoms with Crippen LogP contribution in [0.3, 0.4) is 0 Å². The summed E-state index contributed by atoms with van der Waals surface area (Å²) < 4.78 is 40.7. The van der Waals surface area contributed by atoms with Crippen molar-refractivity contribution in [3.63, 3.8) is 0 Å². The highest BCUT2D eigenvalue weighted by atomic mass is 19.1. The summed E-state index contributed by atoms with van der Waals surface area (Å²) in [5, 5.41) is 2.61. The van der Waals surface area contributed by atoms with E-state index in [0.29, 0.717) is 26.2 Å². The van der Waals surface area contributed by atoms with Gasteiger partial charge in [-0.25, -0.2) is 18.0 Å². The molecule has 1 saturated heterocycles. The zero-order chi connectivity index (χ0) is 21.8. The van der Waals surface area contributed by atoms with Gasteiger partial charge < -0.3 is 10.2 Å². The van der Waals surface area contributed by atoms with Gasteiger partial charge in [0, 0.05) is 26.2 Å². The second-order valence-electron chi connectivity index (χ2n) is 7.44. The molecule has 0 unspecified atom stereocenters. The van der Waals surface area contributed by atoms with Crippen LogP contribution in [0.2, 0.25) is 0 Å². The van der Waals surface area contributed by atoms with Crippen molar-refractivity contribution >= 4 is 11.7 Å². The first-order chi connectivity index (χ1) is 15.0. The number of carbonyl (C=O) groups excluding carboxylic acids is 1. The summed E-state index contributed by atoms with van der Waals surface area (Å²) in [7, 11) is 0. The van der Waals surface area contributed by atoms with Gasteiger partial charge in [0.15, 0.2) is 0 Å². The maximum atomic E-state index is 13.8. The number of benzene rings is 3. The fourth-order valence-electron chi connectivity index (χ4n) is 3.84. The van der Waals surface area contributed by atoms with E-state index in [-0.39, 0.29) is 29.4 Å². The molecular formula is C24H22F3N3O. The first-order valence-corrected chi connectivity index (χ1v) is 10.1. The molecule has 160 valence electrons. The lowest BCUT2D eigenvalue weighted by atomic mass is 9.96. The zero-order valence-electron chi connectivity index (χ0n) is 16.8. The highest BCUT2D eigenvalue weighted by Crippen LogP contribution is 2.30. The van der Waals surface area contributed by atoms with E-state index in [2.05, 4.69) is 10.2 Å². The van der Waals surface area contributed by atoms with Crippen LogP contribution in [0, 0.1) is 17.5 Å². The van der Waals surface area contributed by atoms with Crippen molar-refractivity contribution in [3.05, 3.63) is 101 Å². The number of nitrogens with zero attached hydrogens (tertiary/aromatic N) is 2. The molecule has 0 bridgehead atoms. The molecule has 31 heavy (non-hydrogen) atoms. The largest absolute Gasteiger partial charge is 0.322 e. The summed E-state index contributed by atoms with van der Waals surface area (Å²) >= 11 is 0. The number of nitrogens with one attached hydrogen (secondary N) is 1. The maximum Gasteiger partial charge on any atom is 0.322 e. The molecule has 2 amide bonds. The fraction of sp³-hybridized carbons (Fsp3) is 0.208. The van der Waals surface area contributed by atoms with Gasteiger partial charge in [-0.05, 0) is 47.5 Å². The molecule has 4 rings (SSSR count). The smallest absolute Gasteiger partial charge is 0.322 e. The van der Waals surface area contributed by atoms with Crippen LogP contribution in [0.4, 0.5) is 23.7 Å². The van der Waals surface area contributed by atoms with E-state index in [0.717, 1.165) is 11.1 Å². The van der Waals surface area contributed by atoms with E-state index in [4.69, 9.17) is 0 Å². The molecule has 1 aliphatic rings. The summed E-state index contributed by atoms with van der Waals surface area (Å²) in [6, 6.07) is 18.0. The number of hydrogen-bond acceptors (Lipinski definition) is 2. The maximum absolute atomic E-state index is 13.8. The predicted octanol–water partition coefficient (Wildman–Crippen LogP) is 5.04. The molecule has 1 heterocycles. The molecule has 4 nitrogen and oxygen atoms in total. The van der Waals surface area contributed by atoms with Gasteiger partial charge in [-0.2, -0.15) is 0 Å². The van der Waals surface area contributed by atoms with Gasteiger partial charge in [0.05, 0.1) is 11.7 Å². The SMILES string of the molecule is O=C(Nc1ccccc1F)N1CCN(C(c2ccc(F)cc2)c2ccc(F)cc2)CC1. The van der Waals surface area contributed by atoms with Crippen LogP contribution in [0.5, 0.6) is 0 Å². The third-order valence-corrected chi connectivity index (χ3v) is 5.45. The average Bonchev–Trinajstić information content (AvgIpc) is 2.78. The standard InChI is InChI=1S/C24H22F3N3O/c25-19-9-5-17(6-10-19)23(18-7-11-20(26)12-8-18)29-13-15-30(16-14-29)24(31)28-22-4-2-1-3-21(22)27/h1-12,23H,13-16H2,(H,28,31). The Morgan fingerprint density at radius 1 is 0.742 bits per heavy atom. The molecule has 3 aromatic rings. The molecule has 3 aromatic carbocycles. The third-order valence-electron chi connectivity index (χ3n) is 5.45. The van der Waals surface area contributed by atoms with Crippen molar-refractivity contribution in [1.82, 2.24) is 9.80 Å². The van der Waals surface area contributed by atoms with Crippen molar-refractivity contribution < 1.29 is 18.0 Å². The Balaban J connectivity index is 1.48. The second kappa shape index (κ2) is 9.22. The molecule has 0 aromatic heterocycles. The molecule has 1 aliphatic heterocycles. The Labute approximate surface area is 178 Å². The van der Waals surface area contributed by atoms with Crippen LogP contribution >= 0.6 is 0 Å². The van der Waals surface area contributed by atoms with Gasteiger partial charge in [-0.1, -0.05) is 36.4 Å². The number of piperazine rings is 1. The zero-order valence-corrected chi connectivity index (χ0v) is 16.8. The lowest BCUT2D eigenvalue weighted by Crippen LogP contribution is -2.51. The van der Waals surface area contributed by atoms with E-state index in [9.17, 15) is 18.0 Å². The normalized spacial score (nSPS) is 14.6. The monoisotopic (exact) mass is 425 g/mol. The van der Waals surface area contributed by atoms with E-state index in [1.54, 1.807) is 41.3 Å². The number of rotatable bonds is 4. The lowest BCUT2D eigenvalue weighted by molar-refractivity contribution is 0.126. The average molecular weight is 425 g/mol. The Morgan fingerprint density at radius 3 is 1.77 bits per heavy atom. The molecule has 0 aliphatic carbocycles. The molecule has 0 spiro atoms. The predicted molar refractivity (Wildman–Crippen MR) is 113 cm³/mol. The van der Waals surface area contributed by atoms with Crippen molar-refractivity contribution in [1.29, 1.82) is 0 Å². The summed E-state index contributed by atoms with van der Waals surface area (Å²) in [6.45, 7) is 2.01. The van der Waals surface area contributed by atoms with Gasteiger partial charge in [0.1, 0.15) is 17.5 Å². The van der Waals surface area contributed by atoms with E-state index < -0.39 is 5.82 Å². The van der Waals surface area contributed by atoms with E-state index >= 15 is 0 Å². The van der Waals surface area contributed by atoms with Crippen molar-refractivity contribution in [3.8, 4) is 0 Å². The lowest BCUT2D eigenvalue weighted by Gasteiger charge is -2.39. The third kappa shape index (κ3) is 4.88. The highest BCUT2D eigenvalue weighted by Gasteiger charge is 2.28. The van der Waals surface area contributed by atoms with Gasteiger partial charge in [-0.3, -0.25) is 4.90 Å². The van der Waals surface area contributed by atoms with Crippen LogP contribution in [0.1, 0.15) is 17.2 Å². The summed E-state index contributed by atoms with van der Waals surface area (Å²) in [4.78, 5) is 16.4. The van der Waals surface area contributed by atoms with Gasteiger partial charge in [0.2, 0.25) is 0 Å². The van der Waals surface area contributed by atoms with Crippen LogP contribution in [0.25, 0.3) is 0 Å². The van der Waals surface area contributed by atoms with E-state index in [1.807, 2.05) is 0 Å². The van der Waals surface area contributed by atoms with Crippen molar-refractivity contribution in [2.75, 3.05) is 31.5 Å². The minimum atomic E-state index is -0.484. The minimum absolute atomic E-state index is 0.144. The number of carbonyl (C=O) groups is 1. The molecule has 1 fully saturated rings. The Morgan fingerprint density at radius 2 is 1.26 bits per heavy atom. The summed E-state index contributed by atoms with van der Waals surface area (Å²) in [6.07, 6.45) is 0. The first-order valence-electron chi connectivity index (χ1n) is 10.1. The van der Waals surface area contributed by atoms with Crippen LogP contribution in [0.15, 0.2) is 72.8 Å². The summed E-state index contributed by atoms with van der Waals surface area (Å²) in [5.41, 5.74) is 1.92. The number of halogens is 3. The molecular weight excluding hydrogens is 403 g/mol. The van der Waals surface area contributed by atoms with E-state index in [1.165, 1.54) is 36.4 Å². The van der Waals surface area contributed by atoms with Gasteiger partial charge in [-0.15, -0.1) is 0 Å². The van der Waals surface area contributed by atoms with Crippen LogP contribution < -0.4 is 5.32 Å². The number of hydrogen-bond donors (Lipinski definition) is 1. The number of anilines is 1. The van der Waals surface area contributed by atoms with Crippen LogP contribution in [-0.2, 0) is 0 Å². The Bertz CT molecular complexity index is 987. The second-order valence-corrected chi connectivity index (χ2v) is 7.44. The van der Waals surface area contributed by atoms with Crippen LogP contribution in [-0.4, -0.2) is 42.0 Å². The number of urea groups is 1. The molecule has 0 saturated carbocycles. The molecule has 0 radical (unpaired) electrons. The summed E-state index contributed by atoms with van der Waals surface area (Å²) in [5.74, 6) is -1.13. The molecule has 7 heteroatoms. The fourth-order valence-corrected chi connectivity index (χ4v) is 3.84. The first kappa shape index (κ1) is 20.9. The highest BCUT2D eigenvalue weighted by molar-refractivity contribution is 5.89. The topological polar surface area (TPSA) is 35.6 Å². The number of amides is 2.